The molecule has 5 aliphatic carbocycles. The second-order valence-electron chi connectivity index (χ2n) is 11.8. The van der Waals surface area contributed by atoms with Gasteiger partial charge in [-0.1, -0.05) is 32.9 Å². The van der Waals surface area contributed by atoms with Crippen molar-refractivity contribution in [3.63, 3.8) is 0 Å². The molecule has 0 saturated heterocycles. The van der Waals surface area contributed by atoms with E-state index in [4.69, 9.17) is 4.74 Å². The Balaban J connectivity index is 1.44. The number of aliphatic hydroxyl groups excluding tert-OH is 1. The summed E-state index contributed by atoms with van der Waals surface area (Å²) < 4.78 is 6.24. The predicted octanol–water partition coefficient (Wildman–Crippen LogP) is 5.84. The molecule has 0 unspecified atom stereocenters. The molecule has 0 heterocycles. The van der Waals surface area contributed by atoms with Crippen molar-refractivity contribution in [3.05, 3.63) is 12.2 Å². The van der Waals surface area contributed by atoms with Crippen LogP contribution in [0, 0.1) is 51.8 Å². The number of methoxy groups -OCH3 is 1. The molecule has 0 amide bonds. The normalized spacial score (nSPS) is 56.6. The maximum absolute atomic E-state index is 10.7. The minimum absolute atomic E-state index is 0.288. The van der Waals surface area contributed by atoms with Gasteiger partial charge in [-0.2, -0.15) is 0 Å². The molecule has 5 saturated carbocycles. The molecular formula is C26H42O2. The Bertz CT molecular complexity index is 657. The number of fused-ring (bicyclic) bond motifs is 4. The third-order valence-corrected chi connectivity index (χ3v) is 11.5. The van der Waals surface area contributed by atoms with Crippen LogP contribution in [0.3, 0.4) is 0 Å². The van der Waals surface area contributed by atoms with Gasteiger partial charge < -0.3 is 9.84 Å². The summed E-state index contributed by atoms with van der Waals surface area (Å²) in [5.74, 6) is 4.58. The Morgan fingerprint density at radius 2 is 1.86 bits per heavy atom. The van der Waals surface area contributed by atoms with Crippen molar-refractivity contribution in [1.82, 2.24) is 0 Å². The predicted molar refractivity (Wildman–Crippen MR) is 114 cm³/mol. The number of rotatable bonds is 4. The van der Waals surface area contributed by atoms with E-state index >= 15 is 0 Å². The van der Waals surface area contributed by atoms with Gasteiger partial charge in [-0.15, -0.1) is 0 Å². The van der Waals surface area contributed by atoms with Crippen LogP contribution in [0.5, 0.6) is 0 Å². The summed E-state index contributed by atoms with van der Waals surface area (Å²) in [4.78, 5) is 0. The van der Waals surface area contributed by atoms with Crippen LogP contribution in [-0.4, -0.2) is 24.4 Å². The third-order valence-electron chi connectivity index (χ3n) is 11.5. The highest BCUT2D eigenvalue weighted by atomic mass is 16.5. The van der Waals surface area contributed by atoms with E-state index in [0.717, 1.165) is 23.7 Å². The van der Waals surface area contributed by atoms with Gasteiger partial charge in [0.2, 0.25) is 0 Å². The quantitative estimate of drug-likeness (QED) is 0.615. The number of ether oxygens (including phenoxy) is 1. The van der Waals surface area contributed by atoms with E-state index in [1.165, 1.54) is 51.4 Å². The van der Waals surface area contributed by atoms with Gasteiger partial charge in [0.05, 0.1) is 12.2 Å². The summed E-state index contributed by atoms with van der Waals surface area (Å²) in [6.45, 7) is 9.58. The van der Waals surface area contributed by atoms with E-state index in [1.54, 1.807) is 0 Å². The van der Waals surface area contributed by atoms with Crippen LogP contribution >= 0.6 is 0 Å². The van der Waals surface area contributed by atoms with E-state index in [2.05, 4.69) is 20.8 Å². The molecule has 158 valence electrons. The molecule has 5 aliphatic rings. The molecule has 0 bridgehead atoms. The Morgan fingerprint density at radius 1 is 1.07 bits per heavy atom. The fourth-order valence-electron chi connectivity index (χ4n) is 10.1. The van der Waals surface area contributed by atoms with Crippen LogP contribution in [0.25, 0.3) is 0 Å². The lowest BCUT2D eigenvalue weighted by atomic mass is 9.45. The summed E-state index contributed by atoms with van der Waals surface area (Å²) in [6.07, 6.45) is 15.4. The fourth-order valence-corrected chi connectivity index (χ4v) is 10.1. The first-order valence-corrected chi connectivity index (χ1v) is 12.2. The van der Waals surface area contributed by atoms with E-state index in [-0.39, 0.29) is 6.10 Å². The molecule has 2 nitrogen and oxygen atoms in total. The minimum atomic E-state index is -0.288. The molecule has 28 heavy (non-hydrogen) atoms. The van der Waals surface area contributed by atoms with E-state index in [1.807, 2.05) is 26.2 Å². The standard InChI is InChI=1S/C26H42O2/c1-6-7-22(27)16(2)19-8-9-20-18-14-23(28-5)26-15-17(26)10-13-25(26,4)21(18)11-12-24(19,20)3/h6-7,16-23,27H,8-15H2,1-5H3/b7-6+/t16-,17+,18-,19+,20-,21-,22+,23+,24+,25+,26-/m0/s1. The van der Waals surface area contributed by atoms with Gasteiger partial charge in [0.25, 0.3) is 0 Å². The highest BCUT2D eigenvalue weighted by Crippen LogP contribution is 2.82. The van der Waals surface area contributed by atoms with Crippen molar-refractivity contribution in [2.75, 3.05) is 7.11 Å². The molecule has 11 atom stereocenters. The lowest BCUT2D eigenvalue weighted by Crippen LogP contribution is -2.57. The van der Waals surface area contributed by atoms with Crippen LogP contribution in [0.4, 0.5) is 0 Å². The zero-order valence-corrected chi connectivity index (χ0v) is 18.8. The zero-order chi connectivity index (χ0) is 19.9. The van der Waals surface area contributed by atoms with Gasteiger partial charge in [0.1, 0.15) is 0 Å². The molecule has 1 N–H and O–H groups in total. The van der Waals surface area contributed by atoms with E-state index in [9.17, 15) is 5.11 Å². The fraction of sp³-hybridized carbons (Fsp3) is 0.923. The molecule has 0 radical (unpaired) electrons. The summed E-state index contributed by atoms with van der Waals surface area (Å²) in [7, 11) is 1.99. The van der Waals surface area contributed by atoms with Gasteiger partial charge in [0.15, 0.2) is 0 Å². The van der Waals surface area contributed by atoms with Gasteiger partial charge in [0, 0.05) is 12.5 Å². The molecule has 0 aromatic carbocycles. The Labute approximate surface area is 172 Å². The summed E-state index contributed by atoms with van der Waals surface area (Å²) in [5.41, 5.74) is 1.46. The molecule has 1 spiro atoms. The second kappa shape index (κ2) is 6.33. The van der Waals surface area contributed by atoms with Gasteiger partial charge in [-0.3, -0.25) is 0 Å². The SMILES string of the molecule is C/C=C/[C@@H](O)[C@@H](C)[C@H]1CC[C@H]2[C@@H]3C[C@@H](OC)[C@]45C[C@H]4CC[C@]5(C)[C@H]3CC[C@]12C. The van der Waals surface area contributed by atoms with E-state index < -0.39 is 0 Å². The maximum atomic E-state index is 10.7. The highest BCUT2D eigenvalue weighted by molar-refractivity contribution is 5.26. The average molecular weight is 387 g/mol. The molecule has 0 aromatic rings. The third kappa shape index (κ3) is 2.23. The highest BCUT2D eigenvalue weighted by Gasteiger charge is 2.77. The molecule has 2 heteroatoms. The number of aliphatic hydroxyl groups is 1. The zero-order valence-electron chi connectivity index (χ0n) is 18.8. The lowest BCUT2D eigenvalue weighted by molar-refractivity contribution is -0.162. The van der Waals surface area contributed by atoms with Crippen molar-refractivity contribution in [3.8, 4) is 0 Å². The molecule has 5 fully saturated rings. The molecule has 0 aliphatic heterocycles. The van der Waals surface area contributed by atoms with Crippen molar-refractivity contribution < 1.29 is 9.84 Å². The van der Waals surface area contributed by atoms with Crippen molar-refractivity contribution in [1.29, 1.82) is 0 Å². The smallest absolute Gasteiger partial charge is 0.0749 e. The Kier molecular flexibility index (Phi) is 4.43. The van der Waals surface area contributed by atoms with Crippen molar-refractivity contribution in [2.24, 2.45) is 51.8 Å². The average Bonchev–Trinajstić information content (AvgIpc) is 3.18. The Morgan fingerprint density at radius 3 is 2.54 bits per heavy atom. The molecule has 0 aromatic heterocycles. The van der Waals surface area contributed by atoms with Gasteiger partial charge >= 0.3 is 0 Å². The molecule has 5 rings (SSSR count). The summed E-state index contributed by atoms with van der Waals surface area (Å²) in [6, 6.07) is 0. The van der Waals surface area contributed by atoms with Crippen LogP contribution in [-0.2, 0) is 4.74 Å². The van der Waals surface area contributed by atoms with Gasteiger partial charge in [-0.05, 0) is 105 Å². The largest absolute Gasteiger partial charge is 0.389 e. The first-order valence-electron chi connectivity index (χ1n) is 12.2. The van der Waals surface area contributed by atoms with Crippen molar-refractivity contribution in [2.45, 2.75) is 91.3 Å². The molecular weight excluding hydrogens is 344 g/mol. The lowest BCUT2D eigenvalue weighted by Gasteiger charge is -2.61. The second-order valence-corrected chi connectivity index (χ2v) is 11.8. The number of hydrogen-bond acceptors (Lipinski definition) is 2. The number of hydrogen-bond donors (Lipinski definition) is 1. The van der Waals surface area contributed by atoms with Crippen LogP contribution in [0.2, 0.25) is 0 Å². The number of allylic oxidation sites excluding steroid dienone is 1. The topological polar surface area (TPSA) is 29.5 Å². The Hall–Kier alpha value is -0.340. The summed E-state index contributed by atoms with van der Waals surface area (Å²) >= 11 is 0. The van der Waals surface area contributed by atoms with Crippen LogP contribution in [0.1, 0.15) is 79.1 Å². The summed E-state index contributed by atoms with van der Waals surface area (Å²) in [5, 5.41) is 10.7. The van der Waals surface area contributed by atoms with Crippen molar-refractivity contribution >= 4 is 0 Å². The first kappa shape index (κ1) is 19.6. The van der Waals surface area contributed by atoms with E-state index in [0.29, 0.717) is 34.2 Å². The first-order chi connectivity index (χ1) is 13.3. The minimum Gasteiger partial charge on any atom is -0.389 e. The van der Waals surface area contributed by atoms with Gasteiger partial charge in [-0.25, -0.2) is 0 Å². The van der Waals surface area contributed by atoms with Crippen LogP contribution < -0.4 is 0 Å². The van der Waals surface area contributed by atoms with Crippen LogP contribution in [0.15, 0.2) is 12.2 Å². The monoisotopic (exact) mass is 386 g/mol. The maximum Gasteiger partial charge on any atom is 0.0749 e.